The van der Waals surface area contributed by atoms with E-state index in [0.29, 0.717) is 13.2 Å². The summed E-state index contributed by atoms with van der Waals surface area (Å²) in [5.74, 6) is -0.913. The Kier molecular flexibility index (Phi) is 4.76. The lowest BCUT2D eigenvalue weighted by atomic mass is 10.0. The SMILES string of the molecule is CC(c1ccccc1)S(=O)(=O)Cc1ccccc1C1(C)OCCO1. The lowest BCUT2D eigenvalue weighted by Gasteiger charge is -2.26. The van der Waals surface area contributed by atoms with E-state index >= 15 is 0 Å². The van der Waals surface area contributed by atoms with Gasteiger partial charge in [0.1, 0.15) is 0 Å². The van der Waals surface area contributed by atoms with Gasteiger partial charge >= 0.3 is 0 Å². The predicted octanol–water partition coefficient (Wildman–Crippen LogP) is 3.58. The van der Waals surface area contributed by atoms with Crippen molar-refractivity contribution in [2.24, 2.45) is 0 Å². The Morgan fingerprint density at radius 1 is 1.00 bits per heavy atom. The van der Waals surface area contributed by atoms with Gasteiger partial charge in [0.2, 0.25) is 0 Å². The second kappa shape index (κ2) is 6.67. The third kappa shape index (κ3) is 3.38. The van der Waals surface area contributed by atoms with Crippen LogP contribution in [0.4, 0.5) is 0 Å². The smallest absolute Gasteiger partial charge is 0.192 e. The first-order valence-corrected chi connectivity index (χ1v) is 9.77. The summed E-state index contributed by atoms with van der Waals surface area (Å²) in [6.45, 7) is 4.60. The number of sulfone groups is 1. The molecule has 0 spiro atoms. The first-order valence-electron chi connectivity index (χ1n) is 8.05. The van der Waals surface area contributed by atoms with E-state index in [2.05, 4.69) is 0 Å². The molecule has 4 nitrogen and oxygen atoms in total. The van der Waals surface area contributed by atoms with Crippen LogP contribution in [-0.4, -0.2) is 21.6 Å². The lowest BCUT2D eigenvalue weighted by molar-refractivity contribution is -0.150. The Bertz CT molecular complexity index is 793. The summed E-state index contributed by atoms with van der Waals surface area (Å²) in [4.78, 5) is 0. The van der Waals surface area contributed by atoms with Gasteiger partial charge in [-0.3, -0.25) is 0 Å². The minimum Gasteiger partial charge on any atom is -0.344 e. The molecule has 3 rings (SSSR count). The highest BCUT2D eigenvalue weighted by atomic mass is 32.2. The van der Waals surface area contributed by atoms with Crippen molar-refractivity contribution >= 4 is 9.84 Å². The third-order valence-electron chi connectivity index (χ3n) is 4.51. The number of hydrogen-bond donors (Lipinski definition) is 0. The van der Waals surface area contributed by atoms with Gasteiger partial charge in [-0.15, -0.1) is 0 Å². The molecule has 0 aliphatic carbocycles. The summed E-state index contributed by atoms with van der Waals surface area (Å²) in [5, 5.41) is -0.565. The van der Waals surface area contributed by atoms with Crippen molar-refractivity contribution in [2.45, 2.75) is 30.6 Å². The highest BCUT2D eigenvalue weighted by Gasteiger charge is 2.36. The van der Waals surface area contributed by atoms with E-state index in [-0.39, 0.29) is 5.75 Å². The predicted molar refractivity (Wildman–Crippen MR) is 93.2 cm³/mol. The zero-order valence-electron chi connectivity index (χ0n) is 13.9. The van der Waals surface area contributed by atoms with E-state index in [4.69, 9.17) is 9.47 Å². The zero-order valence-corrected chi connectivity index (χ0v) is 14.8. The first-order chi connectivity index (χ1) is 11.4. The van der Waals surface area contributed by atoms with Crippen molar-refractivity contribution in [2.75, 3.05) is 13.2 Å². The molecule has 1 aliphatic rings. The fraction of sp³-hybridized carbons (Fsp3) is 0.368. The second-order valence-electron chi connectivity index (χ2n) is 6.16. The van der Waals surface area contributed by atoms with Gasteiger partial charge in [-0.05, 0) is 25.0 Å². The molecule has 1 heterocycles. The topological polar surface area (TPSA) is 52.6 Å². The molecule has 24 heavy (non-hydrogen) atoms. The maximum Gasteiger partial charge on any atom is 0.192 e. The normalized spacial score (nSPS) is 18.4. The molecule has 128 valence electrons. The maximum absolute atomic E-state index is 12.9. The maximum atomic E-state index is 12.9. The molecule has 1 aliphatic heterocycles. The number of ether oxygens (including phenoxy) is 2. The summed E-state index contributed by atoms with van der Waals surface area (Å²) < 4.78 is 37.2. The van der Waals surface area contributed by atoms with E-state index in [0.717, 1.165) is 16.7 Å². The largest absolute Gasteiger partial charge is 0.344 e. The summed E-state index contributed by atoms with van der Waals surface area (Å²) in [6, 6.07) is 16.7. The van der Waals surface area contributed by atoms with Crippen molar-refractivity contribution in [3.8, 4) is 0 Å². The average molecular weight is 346 g/mol. The Labute approximate surface area is 143 Å². The van der Waals surface area contributed by atoms with Crippen LogP contribution in [0.2, 0.25) is 0 Å². The van der Waals surface area contributed by atoms with Gasteiger partial charge < -0.3 is 9.47 Å². The van der Waals surface area contributed by atoms with Gasteiger partial charge in [-0.25, -0.2) is 8.42 Å². The van der Waals surface area contributed by atoms with E-state index in [1.165, 1.54) is 0 Å². The van der Waals surface area contributed by atoms with Crippen molar-refractivity contribution in [1.29, 1.82) is 0 Å². The fourth-order valence-electron chi connectivity index (χ4n) is 3.03. The van der Waals surface area contributed by atoms with Crippen LogP contribution in [0.3, 0.4) is 0 Å². The quantitative estimate of drug-likeness (QED) is 0.830. The summed E-state index contributed by atoms with van der Waals surface area (Å²) >= 11 is 0. The highest BCUT2D eigenvalue weighted by Crippen LogP contribution is 2.35. The molecule has 1 saturated heterocycles. The van der Waals surface area contributed by atoms with Gasteiger partial charge in [0.05, 0.1) is 24.2 Å². The Hall–Kier alpha value is -1.69. The van der Waals surface area contributed by atoms with Gasteiger partial charge in [-0.1, -0.05) is 54.6 Å². The van der Waals surface area contributed by atoms with Crippen molar-refractivity contribution < 1.29 is 17.9 Å². The molecule has 0 bridgehead atoms. The van der Waals surface area contributed by atoms with Crippen LogP contribution < -0.4 is 0 Å². The van der Waals surface area contributed by atoms with Gasteiger partial charge in [0, 0.05) is 5.56 Å². The van der Waals surface area contributed by atoms with Crippen LogP contribution >= 0.6 is 0 Å². The molecule has 0 saturated carbocycles. The monoisotopic (exact) mass is 346 g/mol. The van der Waals surface area contributed by atoms with Gasteiger partial charge in [-0.2, -0.15) is 0 Å². The Balaban J connectivity index is 1.91. The van der Waals surface area contributed by atoms with Gasteiger partial charge in [0.15, 0.2) is 15.6 Å². The number of benzene rings is 2. The average Bonchev–Trinajstić information content (AvgIpc) is 3.03. The van der Waals surface area contributed by atoms with Crippen LogP contribution in [0.1, 0.15) is 35.8 Å². The van der Waals surface area contributed by atoms with Crippen molar-refractivity contribution in [3.63, 3.8) is 0 Å². The Morgan fingerprint density at radius 3 is 2.25 bits per heavy atom. The molecule has 0 amide bonds. The Morgan fingerprint density at radius 2 is 1.58 bits per heavy atom. The molecule has 2 aromatic carbocycles. The summed E-state index contributed by atoms with van der Waals surface area (Å²) in [5.41, 5.74) is 2.31. The third-order valence-corrected chi connectivity index (χ3v) is 6.57. The van der Waals surface area contributed by atoms with E-state index < -0.39 is 20.9 Å². The van der Waals surface area contributed by atoms with E-state index in [1.54, 1.807) is 6.92 Å². The first kappa shape index (κ1) is 17.1. The van der Waals surface area contributed by atoms with Crippen LogP contribution in [0, 0.1) is 0 Å². The number of rotatable bonds is 5. The molecule has 0 radical (unpaired) electrons. The molecular formula is C19H22O4S. The zero-order chi connectivity index (χ0) is 17.2. The van der Waals surface area contributed by atoms with E-state index in [1.807, 2.05) is 61.5 Å². The number of hydrogen-bond acceptors (Lipinski definition) is 4. The molecule has 1 atom stereocenters. The van der Waals surface area contributed by atoms with Crippen molar-refractivity contribution in [3.05, 3.63) is 71.3 Å². The molecule has 5 heteroatoms. The molecule has 1 unspecified atom stereocenters. The highest BCUT2D eigenvalue weighted by molar-refractivity contribution is 7.90. The van der Waals surface area contributed by atoms with Crippen LogP contribution in [0.25, 0.3) is 0 Å². The standard InChI is InChI=1S/C19H22O4S/c1-15(16-8-4-3-5-9-16)24(20,21)14-17-10-6-7-11-18(17)19(2)22-12-13-23-19/h3-11,15H,12-14H2,1-2H3. The molecular weight excluding hydrogens is 324 g/mol. The molecule has 1 fully saturated rings. The molecule has 2 aromatic rings. The van der Waals surface area contributed by atoms with E-state index in [9.17, 15) is 8.42 Å². The van der Waals surface area contributed by atoms with Crippen LogP contribution in [-0.2, 0) is 30.9 Å². The summed E-state index contributed by atoms with van der Waals surface area (Å²) in [6.07, 6.45) is 0. The minimum absolute atomic E-state index is 0.0401. The second-order valence-corrected chi connectivity index (χ2v) is 8.48. The molecule has 0 aromatic heterocycles. The minimum atomic E-state index is -3.36. The fourth-order valence-corrected chi connectivity index (χ4v) is 4.54. The lowest BCUT2D eigenvalue weighted by Crippen LogP contribution is -2.25. The van der Waals surface area contributed by atoms with Crippen molar-refractivity contribution in [1.82, 2.24) is 0 Å². The van der Waals surface area contributed by atoms with Gasteiger partial charge in [0.25, 0.3) is 0 Å². The van der Waals surface area contributed by atoms with Crippen LogP contribution in [0.15, 0.2) is 54.6 Å². The van der Waals surface area contributed by atoms with Crippen LogP contribution in [0.5, 0.6) is 0 Å². The molecule has 0 N–H and O–H groups in total. The summed E-state index contributed by atoms with van der Waals surface area (Å²) in [7, 11) is -3.36.